The van der Waals surface area contributed by atoms with Gasteiger partial charge < -0.3 is 14.5 Å². The van der Waals surface area contributed by atoms with E-state index in [0.29, 0.717) is 6.42 Å². The number of nitrogens with zero attached hydrogens (tertiary/aromatic N) is 3. The van der Waals surface area contributed by atoms with Crippen LogP contribution in [0.5, 0.6) is 5.75 Å². The van der Waals surface area contributed by atoms with Crippen LogP contribution in [0.15, 0.2) is 48.7 Å². The summed E-state index contributed by atoms with van der Waals surface area (Å²) in [5.41, 5.74) is 7.64. The maximum atomic E-state index is 13.1. The summed E-state index contributed by atoms with van der Waals surface area (Å²) in [4.78, 5) is 21.7. The zero-order chi connectivity index (χ0) is 20.8. The minimum absolute atomic E-state index is 0.0617. The van der Waals surface area contributed by atoms with E-state index >= 15 is 0 Å². The normalized spacial score (nSPS) is 21.6. The van der Waals surface area contributed by atoms with Crippen molar-refractivity contribution in [2.24, 2.45) is 0 Å². The largest absolute Gasteiger partial charge is 0.493 e. The van der Waals surface area contributed by atoms with Gasteiger partial charge in [-0.15, -0.1) is 0 Å². The van der Waals surface area contributed by atoms with Crippen molar-refractivity contribution in [3.63, 3.8) is 0 Å². The number of hydrazine groups is 1. The molecule has 2 N–H and O–H groups in total. The van der Waals surface area contributed by atoms with E-state index < -0.39 is 0 Å². The molecule has 3 heterocycles. The van der Waals surface area contributed by atoms with Gasteiger partial charge >= 0.3 is 0 Å². The molecule has 2 unspecified atom stereocenters. The highest BCUT2D eigenvalue weighted by atomic mass is 16.5. The van der Waals surface area contributed by atoms with Crippen LogP contribution < -0.4 is 20.5 Å². The van der Waals surface area contributed by atoms with Gasteiger partial charge in [-0.1, -0.05) is 37.6 Å². The van der Waals surface area contributed by atoms with Crippen molar-refractivity contribution in [3.05, 3.63) is 54.2 Å². The molecule has 2 aliphatic rings. The zero-order valence-electron chi connectivity index (χ0n) is 17.6. The summed E-state index contributed by atoms with van der Waals surface area (Å²) in [6.07, 6.45) is 4.67. The fourth-order valence-corrected chi connectivity index (χ4v) is 4.07. The third kappa shape index (κ3) is 4.74. The first-order valence-electron chi connectivity index (χ1n) is 10.9. The molecular formula is C23H31N5O2. The van der Waals surface area contributed by atoms with Crippen LogP contribution in [0.25, 0.3) is 0 Å². The number of carbonyl (C=O) groups is 1. The molecule has 0 spiro atoms. The van der Waals surface area contributed by atoms with Crippen molar-refractivity contribution >= 4 is 11.7 Å². The smallest absolute Gasteiger partial charge is 0.241 e. The highest BCUT2D eigenvalue weighted by Gasteiger charge is 2.35. The van der Waals surface area contributed by atoms with Gasteiger partial charge in [-0.25, -0.2) is 15.8 Å². The van der Waals surface area contributed by atoms with Gasteiger partial charge in [0.1, 0.15) is 17.6 Å². The Morgan fingerprint density at radius 1 is 1.10 bits per heavy atom. The molecule has 2 fully saturated rings. The lowest BCUT2D eigenvalue weighted by Crippen LogP contribution is -2.53. The van der Waals surface area contributed by atoms with Crippen LogP contribution in [0.1, 0.15) is 37.8 Å². The molecule has 7 nitrogen and oxygen atoms in total. The number of benzene rings is 1. The minimum atomic E-state index is -0.222. The number of para-hydroxylation sites is 1. The van der Waals surface area contributed by atoms with Gasteiger partial charge in [-0.2, -0.15) is 0 Å². The average molecular weight is 410 g/mol. The number of pyridine rings is 1. The van der Waals surface area contributed by atoms with Gasteiger partial charge in [0, 0.05) is 37.9 Å². The molecule has 30 heavy (non-hydrogen) atoms. The Kier molecular flexibility index (Phi) is 6.81. The lowest BCUT2D eigenvalue weighted by molar-refractivity contribution is -0.133. The summed E-state index contributed by atoms with van der Waals surface area (Å²) < 4.78 is 5.98. The number of unbranched alkanes of at least 4 members (excludes halogenated alkanes) is 1. The summed E-state index contributed by atoms with van der Waals surface area (Å²) >= 11 is 0. The number of nitrogens with one attached hydrogen (secondary N) is 2. The molecular weight excluding hydrogens is 378 g/mol. The Balaban J connectivity index is 1.32. The second-order valence-corrected chi connectivity index (χ2v) is 7.87. The van der Waals surface area contributed by atoms with Crippen LogP contribution in [0, 0.1) is 0 Å². The lowest BCUT2D eigenvalue weighted by Gasteiger charge is -2.36. The van der Waals surface area contributed by atoms with E-state index in [1.807, 2.05) is 47.5 Å². The van der Waals surface area contributed by atoms with Gasteiger partial charge in [-0.05, 0) is 31.0 Å². The van der Waals surface area contributed by atoms with Crippen LogP contribution in [-0.4, -0.2) is 54.6 Å². The van der Waals surface area contributed by atoms with Gasteiger partial charge in [0.25, 0.3) is 0 Å². The number of rotatable bonds is 7. The molecule has 2 aromatic rings. The number of anilines is 1. The summed E-state index contributed by atoms with van der Waals surface area (Å²) in [6.45, 7) is 5.92. The van der Waals surface area contributed by atoms with E-state index in [0.717, 1.165) is 62.8 Å². The summed E-state index contributed by atoms with van der Waals surface area (Å²) in [7, 11) is 0. The molecule has 2 atom stereocenters. The molecule has 1 aromatic carbocycles. The highest BCUT2D eigenvalue weighted by Crippen LogP contribution is 2.31. The van der Waals surface area contributed by atoms with E-state index in [9.17, 15) is 4.79 Å². The van der Waals surface area contributed by atoms with E-state index in [2.05, 4.69) is 33.7 Å². The quantitative estimate of drug-likeness (QED) is 0.685. The van der Waals surface area contributed by atoms with Crippen molar-refractivity contribution in [1.29, 1.82) is 0 Å². The van der Waals surface area contributed by atoms with Crippen molar-refractivity contribution < 1.29 is 9.53 Å². The predicted octanol–water partition coefficient (Wildman–Crippen LogP) is 2.52. The monoisotopic (exact) mass is 409 g/mol. The van der Waals surface area contributed by atoms with Crippen LogP contribution in [0.4, 0.5) is 5.82 Å². The Morgan fingerprint density at radius 3 is 2.67 bits per heavy atom. The first kappa shape index (κ1) is 20.6. The molecule has 1 aromatic heterocycles. The molecule has 2 saturated heterocycles. The maximum absolute atomic E-state index is 13.1. The van der Waals surface area contributed by atoms with E-state index in [-0.39, 0.29) is 18.0 Å². The Bertz CT molecular complexity index is 823. The van der Waals surface area contributed by atoms with Gasteiger partial charge in [0.2, 0.25) is 5.91 Å². The number of hydrogen-bond acceptors (Lipinski definition) is 6. The second-order valence-electron chi connectivity index (χ2n) is 7.87. The molecule has 7 heteroatoms. The van der Waals surface area contributed by atoms with E-state index in [1.165, 1.54) is 0 Å². The van der Waals surface area contributed by atoms with Crippen LogP contribution in [0.3, 0.4) is 0 Å². The number of hydrogen-bond donors (Lipinski definition) is 2. The number of carbonyl (C=O) groups excluding carboxylic acids is 1. The van der Waals surface area contributed by atoms with Gasteiger partial charge in [0.05, 0.1) is 12.6 Å². The van der Waals surface area contributed by atoms with Crippen molar-refractivity contribution in [1.82, 2.24) is 20.7 Å². The van der Waals surface area contributed by atoms with Crippen molar-refractivity contribution in [2.75, 3.05) is 37.7 Å². The zero-order valence-corrected chi connectivity index (χ0v) is 17.6. The number of piperazine rings is 1. The first-order chi connectivity index (χ1) is 14.8. The highest BCUT2D eigenvalue weighted by molar-refractivity contribution is 5.82. The lowest BCUT2D eigenvalue weighted by atomic mass is 10.0. The standard InChI is InChI=1S/C23H31N5O2/c1-2-3-16-30-21-9-5-4-8-18(21)19-17-20(26-25-19)23(29)28-14-12-27(13-15-28)22-10-6-7-11-24-22/h4-11,19-20,25-26H,2-3,12-17H2,1H3. The summed E-state index contributed by atoms with van der Waals surface area (Å²) in [5.74, 6) is 2.04. The fourth-order valence-electron chi connectivity index (χ4n) is 4.07. The molecule has 1 amide bonds. The van der Waals surface area contributed by atoms with Crippen LogP contribution in [0.2, 0.25) is 0 Å². The molecule has 0 aliphatic carbocycles. The Morgan fingerprint density at radius 2 is 1.90 bits per heavy atom. The van der Waals surface area contributed by atoms with Crippen LogP contribution >= 0.6 is 0 Å². The Hall–Kier alpha value is -2.64. The van der Waals surface area contributed by atoms with Gasteiger partial charge in [0.15, 0.2) is 0 Å². The van der Waals surface area contributed by atoms with Crippen molar-refractivity contribution in [2.45, 2.75) is 38.3 Å². The fraction of sp³-hybridized carbons (Fsp3) is 0.478. The molecule has 160 valence electrons. The van der Waals surface area contributed by atoms with E-state index in [1.54, 1.807) is 0 Å². The SMILES string of the molecule is CCCCOc1ccccc1C1CC(C(=O)N2CCN(c3ccccn3)CC2)NN1. The maximum Gasteiger partial charge on any atom is 0.241 e. The first-order valence-corrected chi connectivity index (χ1v) is 10.9. The summed E-state index contributed by atoms with van der Waals surface area (Å²) in [5, 5.41) is 0. The molecule has 0 radical (unpaired) electrons. The predicted molar refractivity (Wildman–Crippen MR) is 117 cm³/mol. The molecule has 0 bridgehead atoms. The second kappa shape index (κ2) is 9.91. The Labute approximate surface area is 178 Å². The topological polar surface area (TPSA) is 69.7 Å². The van der Waals surface area contributed by atoms with E-state index in [4.69, 9.17) is 4.74 Å². The number of amides is 1. The number of aromatic nitrogens is 1. The third-order valence-electron chi connectivity index (χ3n) is 5.82. The molecule has 4 rings (SSSR count). The van der Waals surface area contributed by atoms with Crippen LogP contribution in [-0.2, 0) is 4.79 Å². The third-order valence-corrected chi connectivity index (χ3v) is 5.82. The molecule has 2 aliphatic heterocycles. The minimum Gasteiger partial charge on any atom is -0.493 e. The average Bonchev–Trinajstić information content (AvgIpc) is 3.30. The summed E-state index contributed by atoms with van der Waals surface area (Å²) in [6, 6.07) is 13.9. The van der Waals surface area contributed by atoms with Crippen molar-refractivity contribution in [3.8, 4) is 5.75 Å². The van der Waals surface area contributed by atoms with Gasteiger partial charge in [-0.3, -0.25) is 4.79 Å². The molecule has 0 saturated carbocycles. The number of ether oxygens (including phenoxy) is 1.